The molecule has 24 heavy (non-hydrogen) atoms. The first-order valence-corrected chi connectivity index (χ1v) is 8.74. The number of halogens is 1. The second-order valence-electron chi connectivity index (χ2n) is 6.08. The molecule has 7 heteroatoms. The van der Waals surface area contributed by atoms with Gasteiger partial charge in [0.2, 0.25) is 5.91 Å². The Hall–Kier alpha value is -1.89. The Bertz CT molecular complexity index is 618. The number of amides is 2. The molecular formula is C17H21BrN2O4. The maximum absolute atomic E-state index is 12.3. The van der Waals surface area contributed by atoms with E-state index in [4.69, 9.17) is 0 Å². The van der Waals surface area contributed by atoms with Gasteiger partial charge >= 0.3 is 5.97 Å². The van der Waals surface area contributed by atoms with E-state index in [2.05, 4.69) is 21.2 Å². The van der Waals surface area contributed by atoms with Crippen molar-refractivity contribution < 1.29 is 19.5 Å². The smallest absolute Gasteiger partial charge is 0.326 e. The average molecular weight is 397 g/mol. The molecule has 0 bridgehead atoms. The Morgan fingerprint density at radius 1 is 1.29 bits per heavy atom. The maximum Gasteiger partial charge on any atom is 0.326 e. The minimum atomic E-state index is -0.964. The third-order valence-electron chi connectivity index (χ3n) is 4.20. The highest BCUT2D eigenvalue weighted by Gasteiger charge is 2.34. The van der Waals surface area contributed by atoms with Crippen LogP contribution in [0.2, 0.25) is 0 Å². The van der Waals surface area contributed by atoms with Gasteiger partial charge in [0.15, 0.2) is 0 Å². The quantitative estimate of drug-likeness (QED) is 0.798. The van der Waals surface area contributed by atoms with Gasteiger partial charge < -0.3 is 15.3 Å². The lowest BCUT2D eigenvalue weighted by atomic mass is 9.92. The van der Waals surface area contributed by atoms with E-state index in [1.807, 2.05) is 6.92 Å². The van der Waals surface area contributed by atoms with Crippen LogP contribution in [0.3, 0.4) is 0 Å². The lowest BCUT2D eigenvalue weighted by Crippen LogP contribution is -2.50. The number of carboxylic acid groups (broad SMARTS) is 1. The Morgan fingerprint density at radius 3 is 2.58 bits per heavy atom. The summed E-state index contributed by atoms with van der Waals surface area (Å²) >= 11 is 3.30. The fraction of sp³-hybridized carbons (Fsp3) is 0.471. The molecule has 1 aromatic rings. The Labute approximate surface area is 149 Å². The van der Waals surface area contributed by atoms with Crippen LogP contribution in [-0.4, -0.2) is 46.9 Å². The number of carboxylic acids is 1. The molecule has 0 aliphatic carbocycles. The van der Waals surface area contributed by atoms with Crippen LogP contribution in [0.25, 0.3) is 0 Å². The zero-order valence-corrected chi connectivity index (χ0v) is 15.1. The van der Waals surface area contributed by atoms with Crippen molar-refractivity contribution in [2.45, 2.75) is 32.2 Å². The highest BCUT2D eigenvalue weighted by molar-refractivity contribution is 9.10. The fourth-order valence-corrected chi connectivity index (χ4v) is 3.07. The van der Waals surface area contributed by atoms with E-state index in [1.54, 1.807) is 24.3 Å². The molecule has 1 aliphatic heterocycles. The zero-order chi connectivity index (χ0) is 17.7. The van der Waals surface area contributed by atoms with Crippen LogP contribution in [0, 0.1) is 5.92 Å². The molecule has 130 valence electrons. The van der Waals surface area contributed by atoms with Gasteiger partial charge in [-0.1, -0.05) is 22.9 Å². The maximum atomic E-state index is 12.3. The number of piperidine rings is 1. The van der Waals surface area contributed by atoms with Crippen LogP contribution in [0.5, 0.6) is 0 Å². The van der Waals surface area contributed by atoms with Gasteiger partial charge in [0.05, 0.1) is 0 Å². The van der Waals surface area contributed by atoms with Gasteiger partial charge in [-0.05, 0) is 43.0 Å². The third kappa shape index (κ3) is 4.80. The monoisotopic (exact) mass is 396 g/mol. The molecule has 1 saturated heterocycles. The number of carbonyl (C=O) groups excluding carboxylic acids is 2. The first-order chi connectivity index (χ1) is 11.4. The van der Waals surface area contributed by atoms with Crippen LogP contribution in [0.1, 0.15) is 36.5 Å². The summed E-state index contributed by atoms with van der Waals surface area (Å²) in [5.74, 6) is -1.15. The van der Waals surface area contributed by atoms with Crippen molar-refractivity contribution >= 4 is 33.7 Å². The van der Waals surface area contributed by atoms with Crippen molar-refractivity contribution in [2.24, 2.45) is 5.92 Å². The number of carbonyl (C=O) groups is 3. The predicted molar refractivity (Wildman–Crippen MR) is 92.6 cm³/mol. The Balaban J connectivity index is 1.85. The molecule has 2 N–H and O–H groups in total. The van der Waals surface area contributed by atoms with Crippen LogP contribution in [0.4, 0.5) is 0 Å². The number of nitrogens with zero attached hydrogens (tertiary/aromatic N) is 1. The van der Waals surface area contributed by atoms with Crippen molar-refractivity contribution in [3.8, 4) is 0 Å². The molecule has 2 rings (SSSR count). The summed E-state index contributed by atoms with van der Waals surface area (Å²) in [4.78, 5) is 37.0. The van der Waals surface area contributed by atoms with E-state index in [-0.39, 0.29) is 24.8 Å². The first kappa shape index (κ1) is 18.4. The molecule has 0 saturated carbocycles. The third-order valence-corrected chi connectivity index (χ3v) is 4.73. The molecule has 6 nitrogen and oxygen atoms in total. The van der Waals surface area contributed by atoms with Gasteiger partial charge in [0, 0.05) is 29.5 Å². The van der Waals surface area contributed by atoms with Crippen LogP contribution >= 0.6 is 15.9 Å². The molecule has 2 unspecified atom stereocenters. The summed E-state index contributed by atoms with van der Waals surface area (Å²) in [6.45, 7) is 2.64. The largest absolute Gasteiger partial charge is 0.480 e. The number of nitrogens with one attached hydrogen (secondary N) is 1. The Morgan fingerprint density at radius 2 is 1.96 bits per heavy atom. The normalized spacial score (nSPS) is 20.5. The second-order valence-corrected chi connectivity index (χ2v) is 7.00. The molecule has 0 spiro atoms. The molecule has 1 aliphatic rings. The van der Waals surface area contributed by atoms with E-state index in [9.17, 15) is 19.5 Å². The van der Waals surface area contributed by atoms with E-state index in [1.165, 1.54) is 4.90 Å². The van der Waals surface area contributed by atoms with E-state index in [0.717, 1.165) is 10.9 Å². The van der Waals surface area contributed by atoms with Crippen molar-refractivity contribution in [3.05, 3.63) is 34.3 Å². The minimum Gasteiger partial charge on any atom is -0.480 e. The highest BCUT2D eigenvalue weighted by Crippen LogP contribution is 2.23. The lowest BCUT2D eigenvalue weighted by molar-refractivity contribution is -0.153. The summed E-state index contributed by atoms with van der Waals surface area (Å²) in [6.07, 6.45) is 1.38. The van der Waals surface area contributed by atoms with Gasteiger partial charge in [-0.15, -0.1) is 0 Å². The van der Waals surface area contributed by atoms with Crippen LogP contribution in [-0.2, 0) is 9.59 Å². The predicted octanol–water partition coefficient (Wildman–Crippen LogP) is 2.28. The first-order valence-electron chi connectivity index (χ1n) is 7.94. The van der Waals surface area contributed by atoms with Gasteiger partial charge in [0.25, 0.3) is 5.91 Å². The topological polar surface area (TPSA) is 86.7 Å². The van der Waals surface area contributed by atoms with Crippen molar-refractivity contribution in [1.82, 2.24) is 10.2 Å². The number of hydrogen-bond acceptors (Lipinski definition) is 3. The SMILES string of the molecule is CC1CCN(C(=O)CCNC(=O)c2ccc(Br)cc2)C(C(=O)O)C1. The van der Waals surface area contributed by atoms with E-state index in [0.29, 0.717) is 24.4 Å². The second kappa shape index (κ2) is 8.28. The number of likely N-dealkylation sites (tertiary alicyclic amines) is 1. The molecule has 2 atom stereocenters. The molecule has 0 aromatic heterocycles. The van der Waals surface area contributed by atoms with Gasteiger partial charge in [0.1, 0.15) is 6.04 Å². The zero-order valence-electron chi connectivity index (χ0n) is 13.5. The van der Waals surface area contributed by atoms with Crippen molar-refractivity contribution in [3.63, 3.8) is 0 Å². The molecule has 1 aromatic carbocycles. The lowest BCUT2D eigenvalue weighted by Gasteiger charge is -2.36. The summed E-state index contributed by atoms with van der Waals surface area (Å²) < 4.78 is 0.883. The Kier molecular flexibility index (Phi) is 6.36. The highest BCUT2D eigenvalue weighted by atomic mass is 79.9. The molecular weight excluding hydrogens is 376 g/mol. The van der Waals surface area contributed by atoms with Crippen molar-refractivity contribution in [2.75, 3.05) is 13.1 Å². The van der Waals surface area contributed by atoms with Crippen molar-refractivity contribution in [1.29, 1.82) is 0 Å². The van der Waals surface area contributed by atoms with Gasteiger partial charge in [-0.3, -0.25) is 9.59 Å². The molecule has 0 radical (unpaired) electrons. The summed E-state index contributed by atoms with van der Waals surface area (Å²) in [7, 11) is 0. The van der Waals surface area contributed by atoms with E-state index >= 15 is 0 Å². The van der Waals surface area contributed by atoms with Gasteiger partial charge in [-0.25, -0.2) is 4.79 Å². The number of benzene rings is 1. The molecule has 1 fully saturated rings. The summed E-state index contributed by atoms with van der Waals surface area (Å²) in [5, 5.41) is 12.0. The summed E-state index contributed by atoms with van der Waals surface area (Å²) in [6, 6.07) is 6.16. The standard InChI is InChI=1S/C17H21BrN2O4/c1-11-7-9-20(14(10-11)17(23)24)15(21)6-8-19-16(22)12-2-4-13(18)5-3-12/h2-5,11,14H,6-10H2,1H3,(H,19,22)(H,23,24). The van der Waals surface area contributed by atoms with E-state index < -0.39 is 12.0 Å². The fourth-order valence-electron chi connectivity index (χ4n) is 2.80. The number of rotatable bonds is 5. The van der Waals surface area contributed by atoms with Crippen LogP contribution < -0.4 is 5.32 Å². The van der Waals surface area contributed by atoms with Gasteiger partial charge in [-0.2, -0.15) is 0 Å². The average Bonchev–Trinajstić information content (AvgIpc) is 2.55. The number of hydrogen-bond donors (Lipinski definition) is 2. The molecule has 1 heterocycles. The molecule has 2 amide bonds. The number of aliphatic carboxylic acids is 1. The minimum absolute atomic E-state index is 0.0976. The van der Waals surface area contributed by atoms with Crippen LogP contribution in [0.15, 0.2) is 28.7 Å². The summed E-state index contributed by atoms with van der Waals surface area (Å²) in [5.41, 5.74) is 0.515.